The molecule has 0 saturated carbocycles. The van der Waals surface area contributed by atoms with E-state index in [9.17, 15) is 4.39 Å². The maximum absolute atomic E-state index is 13.4. The van der Waals surface area contributed by atoms with E-state index in [0.29, 0.717) is 5.69 Å². The van der Waals surface area contributed by atoms with Crippen molar-refractivity contribution >= 4 is 29.0 Å². The number of thiocarbonyl (C=S) groups is 1. The molecule has 0 fully saturated rings. The summed E-state index contributed by atoms with van der Waals surface area (Å²) in [6, 6.07) is 4.77. The van der Waals surface area contributed by atoms with Crippen molar-refractivity contribution in [1.82, 2.24) is 5.32 Å². The second kappa shape index (κ2) is 5.41. The number of nitrogens with two attached hydrogens (primary N) is 1. The summed E-state index contributed by atoms with van der Waals surface area (Å²) in [7, 11) is 1.53. The molecule has 0 aliphatic heterocycles. The van der Waals surface area contributed by atoms with Crippen molar-refractivity contribution in [3.8, 4) is 0 Å². The summed E-state index contributed by atoms with van der Waals surface area (Å²) in [6.07, 6.45) is 0. The Bertz CT molecular complexity index is 411. The standard InChI is InChI=1S/C10H13FN4S/c1-6-4-3-5-7(11)8(6)14-10(16)15-9(12)13-2/h3-5H,1-2H3,(H4,12,13,14,15,16). The zero-order chi connectivity index (χ0) is 12.1. The minimum atomic E-state index is -0.365. The van der Waals surface area contributed by atoms with Gasteiger partial charge in [-0.05, 0) is 30.8 Å². The van der Waals surface area contributed by atoms with E-state index in [0.717, 1.165) is 5.56 Å². The average Bonchev–Trinajstić information content (AvgIpc) is 2.23. The third-order valence-corrected chi connectivity index (χ3v) is 2.15. The molecule has 0 atom stereocenters. The van der Waals surface area contributed by atoms with Crippen molar-refractivity contribution in [2.45, 2.75) is 6.92 Å². The number of halogens is 1. The van der Waals surface area contributed by atoms with Crippen LogP contribution < -0.4 is 16.4 Å². The number of benzene rings is 1. The van der Waals surface area contributed by atoms with Crippen LogP contribution in [0.1, 0.15) is 5.56 Å². The normalized spacial score (nSPS) is 11.1. The van der Waals surface area contributed by atoms with Crippen molar-refractivity contribution < 1.29 is 4.39 Å². The van der Waals surface area contributed by atoms with E-state index >= 15 is 0 Å². The fraction of sp³-hybridized carbons (Fsp3) is 0.200. The highest BCUT2D eigenvalue weighted by atomic mass is 32.1. The predicted octanol–water partition coefficient (Wildman–Crippen LogP) is 1.37. The van der Waals surface area contributed by atoms with E-state index in [4.69, 9.17) is 18.0 Å². The first-order valence-electron chi connectivity index (χ1n) is 4.60. The highest BCUT2D eigenvalue weighted by Crippen LogP contribution is 2.18. The van der Waals surface area contributed by atoms with Crippen LogP contribution in [-0.4, -0.2) is 18.1 Å². The lowest BCUT2D eigenvalue weighted by molar-refractivity contribution is 0.631. The molecule has 4 N–H and O–H groups in total. The molecule has 0 aromatic heterocycles. The van der Waals surface area contributed by atoms with Crippen LogP contribution in [0.25, 0.3) is 0 Å². The van der Waals surface area contributed by atoms with Crippen molar-refractivity contribution in [3.05, 3.63) is 29.6 Å². The van der Waals surface area contributed by atoms with Gasteiger partial charge in [0.05, 0.1) is 5.69 Å². The Balaban J connectivity index is 2.77. The van der Waals surface area contributed by atoms with Gasteiger partial charge in [-0.2, -0.15) is 0 Å². The monoisotopic (exact) mass is 240 g/mol. The first-order chi connectivity index (χ1) is 7.54. The van der Waals surface area contributed by atoms with E-state index in [2.05, 4.69) is 15.6 Å². The second-order valence-electron chi connectivity index (χ2n) is 3.12. The van der Waals surface area contributed by atoms with Gasteiger partial charge >= 0.3 is 0 Å². The molecule has 0 saturated heterocycles. The molecule has 16 heavy (non-hydrogen) atoms. The van der Waals surface area contributed by atoms with Crippen molar-refractivity contribution in [2.75, 3.05) is 12.4 Å². The summed E-state index contributed by atoms with van der Waals surface area (Å²) in [5.41, 5.74) is 6.52. The SMILES string of the molecule is CN=C(N)NC(=S)Nc1c(C)cccc1F. The van der Waals surface area contributed by atoms with Gasteiger partial charge in [-0.15, -0.1) is 0 Å². The number of aryl methyl sites for hydroxylation is 1. The van der Waals surface area contributed by atoms with Gasteiger partial charge in [0.15, 0.2) is 11.1 Å². The fourth-order valence-electron chi connectivity index (χ4n) is 1.11. The van der Waals surface area contributed by atoms with Crippen LogP contribution in [0.15, 0.2) is 23.2 Å². The maximum atomic E-state index is 13.4. The van der Waals surface area contributed by atoms with E-state index in [1.54, 1.807) is 19.1 Å². The summed E-state index contributed by atoms with van der Waals surface area (Å²) in [4.78, 5) is 3.68. The highest BCUT2D eigenvalue weighted by Gasteiger charge is 2.06. The predicted molar refractivity (Wildman–Crippen MR) is 68.0 cm³/mol. The second-order valence-corrected chi connectivity index (χ2v) is 3.53. The Morgan fingerprint density at radius 3 is 2.75 bits per heavy atom. The average molecular weight is 240 g/mol. The third kappa shape index (κ3) is 3.16. The molecule has 0 bridgehead atoms. The molecule has 0 radical (unpaired) electrons. The molecular formula is C10H13FN4S. The molecule has 0 amide bonds. The van der Waals surface area contributed by atoms with Crippen LogP contribution in [-0.2, 0) is 0 Å². The van der Waals surface area contributed by atoms with Gasteiger partial charge in [-0.25, -0.2) is 4.39 Å². The van der Waals surface area contributed by atoms with Gasteiger partial charge in [0, 0.05) is 7.05 Å². The lowest BCUT2D eigenvalue weighted by atomic mass is 10.2. The van der Waals surface area contributed by atoms with Gasteiger partial charge in [-0.3, -0.25) is 4.99 Å². The number of guanidine groups is 1. The smallest absolute Gasteiger partial charge is 0.194 e. The Labute approximate surface area is 98.8 Å². The number of anilines is 1. The lowest BCUT2D eigenvalue weighted by Gasteiger charge is -2.12. The van der Waals surface area contributed by atoms with E-state index < -0.39 is 0 Å². The van der Waals surface area contributed by atoms with E-state index in [1.165, 1.54) is 13.1 Å². The van der Waals surface area contributed by atoms with Gasteiger partial charge in [-0.1, -0.05) is 12.1 Å². The zero-order valence-electron chi connectivity index (χ0n) is 9.04. The van der Waals surface area contributed by atoms with Gasteiger partial charge < -0.3 is 16.4 Å². The summed E-state index contributed by atoms with van der Waals surface area (Å²) < 4.78 is 13.4. The van der Waals surface area contributed by atoms with Gasteiger partial charge in [0.2, 0.25) is 0 Å². The molecule has 1 rings (SSSR count). The number of nitrogens with zero attached hydrogens (tertiary/aromatic N) is 1. The molecule has 0 unspecified atom stereocenters. The topological polar surface area (TPSA) is 62.4 Å². The molecule has 6 heteroatoms. The minimum absolute atomic E-state index is 0.173. The molecule has 0 spiro atoms. The number of para-hydroxylation sites is 1. The fourth-order valence-corrected chi connectivity index (χ4v) is 1.31. The first kappa shape index (κ1) is 12.4. The Morgan fingerprint density at radius 2 is 2.19 bits per heavy atom. The van der Waals surface area contributed by atoms with Crippen molar-refractivity contribution in [3.63, 3.8) is 0 Å². The molecule has 1 aromatic rings. The van der Waals surface area contributed by atoms with Crippen LogP contribution in [0.5, 0.6) is 0 Å². The largest absolute Gasteiger partial charge is 0.370 e. The number of nitrogens with one attached hydrogen (secondary N) is 2. The molecule has 0 aliphatic rings. The third-order valence-electron chi connectivity index (χ3n) is 1.94. The molecule has 0 aliphatic carbocycles. The summed E-state index contributed by atoms with van der Waals surface area (Å²) >= 11 is 4.95. The highest BCUT2D eigenvalue weighted by molar-refractivity contribution is 7.80. The zero-order valence-corrected chi connectivity index (χ0v) is 9.86. The Morgan fingerprint density at radius 1 is 1.50 bits per heavy atom. The van der Waals surface area contributed by atoms with Crippen LogP contribution in [0.2, 0.25) is 0 Å². The summed E-state index contributed by atoms with van der Waals surface area (Å²) in [6.45, 7) is 1.78. The quantitative estimate of drug-likeness (QED) is 0.394. The number of rotatable bonds is 1. The minimum Gasteiger partial charge on any atom is -0.370 e. The van der Waals surface area contributed by atoms with Crippen LogP contribution in [0.4, 0.5) is 10.1 Å². The number of aliphatic imine (C=N–C) groups is 1. The lowest BCUT2D eigenvalue weighted by Crippen LogP contribution is -2.39. The molecule has 4 nitrogen and oxygen atoms in total. The van der Waals surface area contributed by atoms with Gasteiger partial charge in [0.1, 0.15) is 5.82 Å². The van der Waals surface area contributed by atoms with Crippen molar-refractivity contribution in [1.29, 1.82) is 0 Å². The number of hydrogen-bond donors (Lipinski definition) is 3. The van der Waals surface area contributed by atoms with Crippen LogP contribution in [0, 0.1) is 12.7 Å². The van der Waals surface area contributed by atoms with Gasteiger partial charge in [0.25, 0.3) is 0 Å². The number of hydrogen-bond acceptors (Lipinski definition) is 2. The summed E-state index contributed by atoms with van der Waals surface area (Å²) in [5.74, 6) is -0.192. The first-order valence-corrected chi connectivity index (χ1v) is 5.00. The maximum Gasteiger partial charge on any atom is 0.194 e. The molecule has 0 heterocycles. The Hall–Kier alpha value is -1.69. The molecule has 86 valence electrons. The Kier molecular flexibility index (Phi) is 4.19. The van der Waals surface area contributed by atoms with E-state index in [-0.39, 0.29) is 16.9 Å². The van der Waals surface area contributed by atoms with Crippen LogP contribution >= 0.6 is 12.2 Å². The van der Waals surface area contributed by atoms with E-state index in [1.807, 2.05) is 0 Å². The molecule has 1 aromatic carbocycles. The summed E-state index contributed by atoms with van der Waals surface area (Å²) in [5, 5.41) is 5.55. The van der Waals surface area contributed by atoms with Crippen LogP contribution in [0.3, 0.4) is 0 Å². The molecular weight excluding hydrogens is 227 g/mol. The van der Waals surface area contributed by atoms with Crippen molar-refractivity contribution in [2.24, 2.45) is 10.7 Å².